The number of benzene rings is 2. The summed E-state index contributed by atoms with van der Waals surface area (Å²) in [6.45, 7) is 4.19. The van der Waals surface area contributed by atoms with Gasteiger partial charge in [-0.15, -0.1) is 0 Å². The van der Waals surface area contributed by atoms with Gasteiger partial charge in [-0.2, -0.15) is 0 Å². The van der Waals surface area contributed by atoms with E-state index in [9.17, 15) is 8.42 Å². The molecule has 0 spiro atoms. The highest BCUT2D eigenvalue weighted by molar-refractivity contribution is 7.92. The zero-order valence-corrected chi connectivity index (χ0v) is 13.9. The van der Waals surface area contributed by atoms with Crippen LogP contribution in [0, 0.1) is 13.8 Å². The molecular weight excluding hydrogens is 306 g/mol. The van der Waals surface area contributed by atoms with E-state index in [4.69, 9.17) is 11.6 Å². The van der Waals surface area contributed by atoms with Crippen LogP contribution >= 0.6 is 11.6 Å². The number of rotatable bonds is 4. The molecule has 0 amide bonds. The lowest BCUT2D eigenvalue weighted by Gasteiger charge is -2.23. The summed E-state index contributed by atoms with van der Waals surface area (Å²) >= 11 is 6.14. The van der Waals surface area contributed by atoms with Gasteiger partial charge < -0.3 is 0 Å². The van der Waals surface area contributed by atoms with Crippen molar-refractivity contribution in [3.05, 3.63) is 64.2 Å². The molecule has 0 aliphatic carbocycles. The maximum Gasteiger partial charge on any atom is 0.232 e. The molecule has 0 unspecified atom stereocenters. The van der Waals surface area contributed by atoms with Gasteiger partial charge in [0.25, 0.3) is 0 Å². The third-order valence-corrected chi connectivity index (χ3v) is 4.96. The van der Waals surface area contributed by atoms with Gasteiger partial charge in [0.15, 0.2) is 0 Å². The van der Waals surface area contributed by atoms with Crippen LogP contribution < -0.4 is 4.31 Å². The molecule has 0 aromatic heterocycles. The van der Waals surface area contributed by atoms with Gasteiger partial charge >= 0.3 is 0 Å². The number of hydrogen-bond donors (Lipinski definition) is 0. The van der Waals surface area contributed by atoms with Gasteiger partial charge in [0.1, 0.15) is 0 Å². The van der Waals surface area contributed by atoms with Gasteiger partial charge in [-0.1, -0.05) is 35.9 Å². The first kappa shape index (κ1) is 15.9. The predicted octanol–water partition coefficient (Wildman–Crippen LogP) is 3.92. The largest absolute Gasteiger partial charge is 0.266 e. The molecule has 3 nitrogen and oxygen atoms in total. The van der Waals surface area contributed by atoms with Crippen molar-refractivity contribution >= 4 is 27.3 Å². The Morgan fingerprint density at radius 1 is 1.05 bits per heavy atom. The number of anilines is 1. The van der Waals surface area contributed by atoms with E-state index >= 15 is 0 Å². The van der Waals surface area contributed by atoms with Gasteiger partial charge in [0, 0.05) is 5.02 Å². The van der Waals surface area contributed by atoms with Crippen molar-refractivity contribution in [2.45, 2.75) is 20.4 Å². The van der Waals surface area contributed by atoms with Crippen LogP contribution in [0.4, 0.5) is 5.69 Å². The highest BCUT2D eigenvalue weighted by atomic mass is 35.5. The summed E-state index contributed by atoms with van der Waals surface area (Å²) in [6, 6.07) is 12.9. The molecule has 2 aromatic carbocycles. The highest BCUT2D eigenvalue weighted by Crippen LogP contribution is 2.25. The van der Waals surface area contributed by atoms with Crippen molar-refractivity contribution in [3.63, 3.8) is 0 Å². The summed E-state index contributed by atoms with van der Waals surface area (Å²) in [5.41, 5.74) is 3.62. The van der Waals surface area contributed by atoms with Gasteiger partial charge in [-0.3, -0.25) is 4.31 Å². The monoisotopic (exact) mass is 323 g/mol. The van der Waals surface area contributed by atoms with Crippen LogP contribution in [0.15, 0.2) is 42.5 Å². The van der Waals surface area contributed by atoms with Crippen molar-refractivity contribution in [2.24, 2.45) is 0 Å². The first-order valence-corrected chi connectivity index (χ1v) is 8.80. The van der Waals surface area contributed by atoms with Crippen molar-refractivity contribution in [1.82, 2.24) is 0 Å². The zero-order chi connectivity index (χ0) is 15.6. The molecular formula is C16H18ClNO2S. The van der Waals surface area contributed by atoms with E-state index in [2.05, 4.69) is 0 Å². The number of nitrogens with zero attached hydrogens (tertiary/aromatic N) is 1. The van der Waals surface area contributed by atoms with Crippen molar-refractivity contribution in [2.75, 3.05) is 10.6 Å². The molecule has 0 aliphatic heterocycles. The minimum atomic E-state index is -3.39. The molecule has 0 bridgehead atoms. The third kappa shape index (κ3) is 3.77. The van der Waals surface area contributed by atoms with E-state index in [-0.39, 0.29) is 6.54 Å². The van der Waals surface area contributed by atoms with Crippen molar-refractivity contribution < 1.29 is 8.42 Å². The average Bonchev–Trinajstić information content (AvgIpc) is 2.40. The van der Waals surface area contributed by atoms with Crippen molar-refractivity contribution in [3.8, 4) is 0 Å². The minimum Gasteiger partial charge on any atom is -0.266 e. The Kier molecular flexibility index (Phi) is 4.59. The van der Waals surface area contributed by atoms with E-state index in [1.54, 1.807) is 6.07 Å². The van der Waals surface area contributed by atoms with Gasteiger partial charge in [-0.25, -0.2) is 8.42 Å². The normalized spacial score (nSPS) is 11.4. The Morgan fingerprint density at radius 2 is 1.71 bits per heavy atom. The van der Waals surface area contributed by atoms with Crippen LogP contribution in [0.3, 0.4) is 0 Å². The Hall–Kier alpha value is -1.52. The maximum atomic E-state index is 12.1. The molecule has 0 atom stereocenters. The smallest absolute Gasteiger partial charge is 0.232 e. The van der Waals surface area contributed by atoms with Gasteiger partial charge in [0.05, 0.1) is 18.5 Å². The van der Waals surface area contributed by atoms with Crippen LogP contribution in [-0.4, -0.2) is 14.7 Å². The number of aryl methyl sites for hydroxylation is 2. The molecule has 112 valence electrons. The molecule has 0 fully saturated rings. The fourth-order valence-electron chi connectivity index (χ4n) is 2.06. The molecule has 2 aromatic rings. The van der Waals surface area contributed by atoms with E-state index in [0.29, 0.717) is 10.7 Å². The van der Waals surface area contributed by atoms with Crippen LogP contribution in [0.25, 0.3) is 0 Å². The fourth-order valence-corrected chi connectivity index (χ4v) is 3.13. The summed E-state index contributed by atoms with van der Waals surface area (Å²) < 4.78 is 25.6. The second-order valence-corrected chi connectivity index (χ2v) is 7.44. The molecule has 21 heavy (non-hydrogen) atoms. The Balaban J connectivity index is 2.45. The number of hydrogen-bond acceptors (Lipinski definition) is 2. The van der Waals surface area contributed by atoms with Crippen LogP contribution in [0.2, 0.25) is 5.02 Å². The SMILES string of the molecule is Cc1ccc(N(Cc2ccccc2Cl)S(C)(=O)=O)cc1C. The summed E-state index contributed by atoms with van der Waals surface area (Å²) in [4.78, 5) is 0. The Bertz CT molecular complexity index is 757. The second-order valence-electron chi connectivity index (χ2n) is 5.13. The zero-order valence-electron chi connectivity index (χ0n) is 12.3. The summed E-state index contributed by atoms with van der Waals surface area (Å²) in [5, 5.41) is 0.565. The van der Waals surface area contributed by atoms with Crippen LogP contribution in [0.1, 0.15) is 16.7 Å². The minimum absolute atomic E-state index is 0.223. The molecule has 2 rings (SSSR count). The van der Waals surface area contributed by atoms with E-state index in [1.807, 2.05) is 50.2 Å². The van der Waals surface area contributed by atoms with Gasteiger partial charge in [0.2, 0.25) is 10.0 Å². The molecule has 0 N–H and O–H groups in total. The van der Waals surface area contributed by atoms with Crippen molar-refractivity contribution in [1.29, 1.82) is 0 Å². The fraction of sp³-hybridized carbons (Fsp3) is 0.250. The second kappa shape index (κ2) is 6.08. The molecule has 5 heteroatoms. The first-order chi connectivity index (χ1) is 9.79. The Labute approximate surface area is 131 Å². The van der Waals surface area contributed by atoms with Crippen LogP contribution in [0.5, 0.6) is 0 Å². The quantitative estimate of drug-likeness (QED) is 0.855. The van der Waals surface area contributed by atoms with E-state index in [1.165, 1.54) is 10.6 Å². The molecule has 0 saturated heterocycles. The van der Waals surface area contributed by atoms with E-state index in [0.717, 1.165) is 16.7 Å². The van der Waals surface area contributed by atoms with Gasteiger partial charge in [-0.05, 0) is 48.7 Å². The standard InChI is InChI=1S/C16H18ClNO2S/c1-12-8-9-15(10-13(12)2)18(21(3,19)20)11-14-6-4-5-7-16(14)17/h4-10H,11H2,1-3H3. The topological polar surface area (TPSA) is 37.4 Å². The first-order valence-electron chi connectivity index (χ1n) is 6.57. The maximum absolute atomic E-state index is 12.1. The summed E-state index contributed by atoms with van der Waals surface area (Å²) in [6.07, 6.45) is 1.21. The lowest BCUT2D eigenvalue weighted by atomic mass is 10.1. The lowest BCUT2D eigenvalue weighted by molar-refractivity contribution is 0.596. The van der Waals surface area contributed by atoms with E-state index < -0.39 is 10.0 Å². The highest BCUT2D eigenvalue weighted by Gasteiger charge is 2.19. The summed E-state index contributed by atoms with van der Waals surface area (Å²) in [7, 11) is -3.39. The molecule has 0 heterocycles. The molecule has 0 radical (unpaired) electrons. The molecule has 0 aliphatic rings. The predicted molar refractivity (Wildman–Crippen MR) is 88.4 cm³/mol. The Morgan fingerprint density at radius 3 is 2.29 bits per heavy atom. The lowest BCUT2D eigenvalue weighted by Crippen LogP contribution is -2.29. The number of sulfonamides is 1. The van der Waals surface area contributed by atoms with Crippen LogP contribution in [-0.2, 0) is 16.6 Å². The summed E-state index contributed by atoms with van der Waals surface area (Å²) in [5.74, 6) is 0. The average molecular weight is 324 g/mol. The number of halogens is 1. The third-order valence-electron chi connectivity index (χ3n) is 3.45. The molecule has 0 saturated carbocycles.